The molecule has 5 rings (SSSR count). The molecule has 2 fully saturated rings. The first-order valence-electron chi connectivity index (χ1n) is 13.1. The summed E-state index contributed by atoms with van der Waals surface area (Å²) in [4.78, 5) is 18.1. The minimum atomic E-state index is 0.0860. The van der Waals surface area contributed by atoms with E-state index in [9.17, 15) is 4.79 Å². The van der Waals surface area contributed by atoms with Gasteiger partial charge in [0.25, 0.3) is 5.91 Å². The average molecular weight is 519 g/mol. The van der Waals surface area contributed by atoms with E-state index in [1.807, 2.05) is 59.8 Å². The highest BCUT2D eigenvalue weighted by molar-refractivity contribution is 6.30. The molecule has 0 bridgehead atoms. The van der Waals surface area contributed by atoms with Crippen molar-refractivity contribution in [2.45, 2.75) is 45.2 Å². The Hall–Kier alpha value is -2.93. The smallest absolute Gasteiger partial charge is 0.257 e. The van der Waals surface area contributed by atoms with Gasteiger partial charge in [0, 0.05) is 43.4 Å². The standard InChI is InChI=1S/C30H35ClN4O2/c1-21-29(30(36)34-16-13-28(20-34)33(3)26-14-17-37-18-15-26)22(2)35(32-21)27-6-4-5-24(19-27)8-7-23-9-11-25(31)12-10-23/h4-12,19,26,28H,13-18,20H2,1-3H3/b8-7+/t28-/m1/s1. The summed E-state index contributed by atoms with van der Waals surface area (Å²) < 4.78 is 7.42. The van der Waals surface area contributed by atoms with Crippen LogP contribution < -0.4 is 0 Å². The number of aryl methyl sites for hydroxylation is 1. The van der Waals surface area contributed by atoms with Gasteiger partial charge in [-0.15, -0.1) is 0 Å². The molecule has 2 aliphatic heterocycles. The zero-order valence-corrected chi connectivity index (χ0v) is 22.6. The Morgan fingerprint density at radius 1 is 1.03 bits per heavy atom. The third-order valence-electron chi connectivity index (χ3n) is 7.75. The van der Waals surface area contributed by atoms with Crippen LogP contribution in [0.3, 0.4) is 0 Å². The number of likely N-dealkylation sites (tertiary alicyclic amines) is 1. The second kappa shape index (κ2) is 11.2. The van der Waals surface area contributed by atoms with E-state index in [0.717, 1.165) is 84.4 Å². The Kier molecular flexibility index (Phi) is 7.79. The van der Waals surface area contributed by atoms with Crippen LogP contribution in [0.15, 0.2) is 48.5 Å². The fraction of sp³-hybridized carbons (Fsp3) is 0.400. The Morgan fingerprint density at radius 2 is 1.76 bits per heavy atom. The van der Waals surface area contributed by atoms with Crippen molar-refractivity contribution in [3.05, 3.63) is 81.6 Å². The molecule has 0 spiro atoms. The van der Waals surface area contributed by atoms with Crippen LogP contribution in [0.25, 0.3) is 17.8 Å². The summed E-state index contributed by atoms with van der Waals surface area (Å²) in [5.41, 5.74) is 5.45. The molecule has 6 nitrogen and oxygen atoms in total. The van der Waals surface area contributed by atoms with E-state index in [1.54, 1.807) is 0 Å². The van der Waals surface area contributed by atoms with Crippen molar-refractivity contribution in [3.63, 3.8) is 0 Å². The molecule has 3 heterocycles. The van der Waals surface area contributed by atoms with E-state index in [2.05, 4.69) is 36.2 Å². The van der Waals surface area contributed by atoms with Crippen LogP contribution in [0.5, 0.6) is 0 Å². The van der Waals surface area contributed by atoms with E-state index in [0.29, 0.717) is 12.1 Å². The lowest BCUT2D eigenvalue weighted by Gasteiger charge is -2.35. The Balaban J connectivity index is 1.31. The molecule has 7 heteroatoms. The molecular weight excluding hydrogens is 484 g/mol. The SMILES string of the molecule is Cc1nn(-c2cccc(/C=C/c3ccc(Cl)cc3)c2)c(C)c1C(=O)N1CC[C@@H](N(C)C2CCOCC2)C1. The van der Waals surface area contributed by atoms with Gasteiger partial charge >= 0.3 is 0 Å². The van der Waals surface area contributed by atoms with Crippen LogP contribution in [0.2, 0.25) is 5.02 Å². The first-order chi connectivity index (χ1) is 17.9. The third-order valence-corrected chi connectivity index (χ3v) is 8.00. The number of halogens is 1. The molecule has 1 atom stereocenters. The summed E-state index contributed by atoms with van der Waals surface area (Å²) >= 11 is 6.00. The number of benzene rings is 2. The van der Waals surface area contributed by atoms with Gasteiger partial charge in [0.1, 0.15) is 0 Å². The number of carbonyl (C=O) groups is 1. The largest absolute Gasteiger partial charge is 0.381 e. The van der Waals surface area contributed by atoms with Gasteiger partial charge in [-0.05, 0) is 75.5 Å². The van der Waals surface area contributed by atoms with E-state index in [4.69, 9.17) is 21.4 Å². The lowest BCUT2D eigenvalue weighted by molar-refractivity contribution is 0.0295. The van der Waals surface area contributed by atoms with Gasteiger partial charge in [0.05, 0.1) is 22.6 Å². The van der Waals surface area contributed by atoms with Crippen molar-refractivity contribution >= 4 is 29.7 Å². The second-order valence-corrected chi connectivity index (χ2v) is 10.6. The van der Waals surface area contributed by atoms with Gasteiger partial charge < -0.3 is 9.64 Å². The summed E-state index contributed by atoms with van der Waals surface area (Å²) in [5, 5.41) is 5.50. The highest BCUT2D eigenvalue weighted by Gasteiger charge is 2.34. The number of carbonyl (C=O) groups excluding carboxylic acids is 1. The molecule has 0 radical (unpaired) electrons. The molecular formula is C30H35ClN4O2. The molecule has 0 saturated carbocycles. The van der Waals surface area contributed by atoms with Gasteiger partial charge in [-0.2, -0.15) is 5.10 Å². The maximum absolute atomic E-state index is 13.6. The molecule has 1 amide bonds. The third kappa shape index (κ3) is 5.66. The zero-order chi connectivity index (χ0) is 25.9. The van der Waals surface area contributed by atoms with Crippen molar-refractivity contribution < 1.29 is 9.53 Å². The monoisotopic (exact) mass is 518 g/mol. The fourth-order valence-electron chi connectivity index (χ4n) is 5.54. The van der Waals surface area contributed by atoms with E-state index < -0.39 is 0 Å². The Bertz CT molecular complexity index is 1280. The first-order valence-corrected chi connectivity index (χ1v) is 13.5. The number of aromatic nitrogens is 2. The van der Waals surface area contributed by atoms with Crippen LogP contribution in [-0.4, -0.2) is 70.9 Å². The maximum Gasteiger partial charge on any atom is 0.257 e. The zero-order valence-electron chi connectivity index (χ0n) is 21.9. The van der Waals surface area contributed by atoms with Crippen LogP contribution in [0, 0.1) is 13.8 Å². The number of hydrogen-bond donors (Lipinski definition) is 0. The predicted molar refractivity (Wildman–Crippen MR) is 149 cm³/mol. The molecule has 0 unspecified atom stereocenters. The van der Waals surface area contributed by atoms with Crippen LogP contribution in [0.4, 0.5) is 0 Å². The molecule has 0 aliphatic carbocycles. The van der Waals surface area contributed by atoms with Crippen molar-refractivity contribution in [1.82, 2.24) is 19.6 Å². The molecule has 0 N–H and O–H groups in total. The molecule has 2 aliphatic rings. The maximum atomic E-state index is 13.6. The minimum Gasteiger partial charge on any atom is -0.381 e. The van der Waals surface area contributed by atoms with Crippen molar-refractivity contribution in [2.75, 3.05) is 33.4 Å². The van der Waals surface area contributed by atoms with E-state index in [-0.39, 0.29) is 5.91 Å². The Morgan fingerprint density at radius 3 is 2.51 bits per heavy atom. The first kappa shape index (κ1) is 25.7. The van der Waals surface area contributed by atoms with Gasteiger partial charge in [0.15, 0.2) is 0 Å². The van der Waals surface area contributed by atoms with Gasteiger partial charge in [-0.3, -0.25) is 9.69 Å². The quantitative estimate of drug-likeness (QED) is 0.396. The summed E-state index contributed by atoms with van der Waals surface area (Å²) in [5.74, 6) is 0.0860. The van der Waals surface area contributed by atoms with Gasteiger partial charge in [-0.25, -0.2) is 4.68 Å². The molecule has 1 aromatic heterocycles. The van der Waals surface area contributed by atoms with Crippen LogP contribution in [0.1, 0.15) is 52.1 Å². The minimum absolute atomic E-state index is 0.0860. The van der Waals surface area contributed by atoms with Gasteiger partial charge in [-0.1, -0.05) is 48.0 Å². The van der Waals surface area contributed by atoms with Crippen molar-refractivity contribution in [3.8, 4) is 5.69 Å². The van der Waals surface area contributed by atoms with Crippen LogP contribution in [-0.2, 0) is 4.74 Å². The van der Waals surface area contributed by atoms with E-state index in [1.165, 1.54) is 0 Å². The normalized spacial score (nSPS) is 18.8. The lowest BCUT2D eigenvalue weighted by Crippen LogP contribution is -2.44. The molecule has 2 aromatic carbocycles. The van der Waals surface area contributed by atoms with Crippen molar-refractivity contribution in [1.29, 1.82) is 0 Å². The van der Waals surface area contributed by atoms with E-state index >= 15 is 0 Å². The summed E-state index contributed by atoms with van der Waals surface area (Å²) in [6.07, 6.45) is 7.28. The van der Waals surface area contributed by atoms with Crippen LogP contribution >= 0.6 is 11.6 Å². The lowest BCUT2D eigenvalue weighted by atomic mass is 10.1. The summed E-state index contributed by atoms with van der Waals surface area (Å²) in [6, 6.07) is 16.9. The van der Waals surface area contributed by atoms with Crippen molar-refractivity contribution in [2.24, 2.45) is 0 Å². The Labute approximate surface area is 224 Å². The highest BCUT2D eigenvalue weighted by atomic mass is 35.5. The summed E-state index contributed by atoms with van der Waals surface area (Å²) in [7, 11) is 2.21. The molecule has 3 aromatic rings. The van der Waals surface area contributed by atoms with Gasteiger partial charge in [0.2, 0.25) is 0 Å². The predicted octanol–water partition coefficient (Wildman–Crippen LogP) is 5.64. The number of amides is 1. The molecule has 2 saturated heterocycles. The highest BCUT2D eigenvalue weighted by Crippen LogP contribution is 2.26. The summed E-state index contributed by atoms with van der Waals surface area (Å²) in [6.45, 7) is 7.14. The number of ether oxygens (including phenoxy) is 1. The topological polar surface area (TPSA) is 50.6 Å². The molecule has 37 heavy (non-hydrogen) atoms. The number of rotatable bonds is 6. The number of likely N-dealkylation sites (N-methyl/N-ethyl adjacent to an activating group) is 1. The number of hydrogen-bond acceptors (Lipinski definition) is 4. The molecule has 194 valence electrons. The fourth-order valence-corrected chi connectivity index (χ4v) is 5.66. The average Bonchev–Trinajstić information content (AvgIpc) is 3.53. The number of nitrogens with zero attached hydrogens (tertiary/aromatic N) is 4. The second-order valence-electron chi connectivity index (χ2n) is 10.1.